The van der Waals surface area contributed by atoms with Gasteiger partial charge in [0.2, 0.25) is 0 Å². The highest BCUT2D eigenvalue weighted by atomic mass is 14.9. The van der Waals surface area contributed by atoms with Crippen molar-refractivity contribution >= 4 is 5.57 Å². The van der Waals surface area contributed by atoms with E-state index in [0.29, 0.717) is 0 Å². The number of nitrogens with zero attached hydrogens (tertiary/aromatic N) is 1. The SMILES string of the molecule is Cc1cccc(C)c1C(=CN=N)c1c(C)cccc1C. The third kappa shape index (κ3) is 2.55. The average molecular weight is 264 g/mol. The number of benzene rings is 2. The molecular formula is C18H20N2. The number of hydrogen-bond acceptors (Lipinski definition) is 2. The molecule has 0 bridgehead atoms. The maximum atomic E-state index is 7.26. The predicted molar refractivity (Wildman–Crippen MR) is 84.1 cm³/mol. The Morgan fingerprint density at radius 3 is 1.45 bits per heavy atom. The zero-order valence-electron chi connectivity index (χ0n) is 12.5. The molecule has 0 aliphatic rings. The van der Waals surface area contributed by atoms with Crippen LogP contribution in [-0.2, 0) is 0 Å². The lowest BCUT2D eigenvalue weighted by molar-refractivity contribution is 1.14. The zero-order valence-corrected chi connectivity index (χ0v) is 12.5. The fourth-order valence-electron chi connectivity index (χ4n) is 2.80. The fraction of sp³-hybridized carbons (Fsp3) is 0.222. The normalized spacial score (nSPS) is 10.2. The molecule has 0 aliphatic heterocycles. The van der Waals surface area contributed by atoms with Crippen LogP contribution >= 0.6 is 0 Å². The van der Waals surface area contributed by atoms with Gasteiger partial charge in [0, 0.05) is 5.57 Å². The van der Waals surface area contributed by atoms with E-state index in [1.54, 1.807) is 6.20 Å². The monoisotopic (exact) mass is 264 g/mol. The fourth-order valence-corrected chi connectivity index (χ4v) is 2.80. The van der Waals surface area contributed by atoms with E-state index in [9.17, 15) is 0 Å². The highest BCUT2D eigenvalue weighted by Crippen LogP contribution is 2.32. The van der Waals surface area contributed by atoms with Crippen LogP contribution in [0.4, 0.5) is 0 Å². The molecule has 0 amide bonds. The molecule has 0 saturated heterocycles. The molecular weight excluding hydrogens is 244 g/mol. The summed E-state index contributed by atoms with van der Waals surface area (Å²) < 4.78 is 0. The van der Waals surface area contributed by atoms with Gasteiger partial charge in [0.05, 0.1) is 6.20 Å². The van der Waals surface area contributed by atoms with Gasteiger partial charge < -0.3 is 0 Å². The van der Waals surface area contributed by atoms with Crippen LogP contribution in [0.3, 0.4) is 0 Å². The van der Waals surface area contributed by atoms with Gasteiger partial charge in [-0.1, -0.05) is 36.4 Å². The Morgan fingerprint density at radius 2 is 1.15 bits per heavy atom. The van der Waals surface area contributed by atoms with Crippen molar-refractivity contribution in [1.29, 1.82) is 5.53 Å². The van der Waals surface area contributed by atoms with Crippen LogP contribution in [-0.4, -0.2) is 0 Å². The summed E-state index contributed by atoms with van der Waals surface area (Å²) in [5.41, 5.74) is 15.5. The molecule has 2 rings (SSSR count). The first-order valence-corrected chi connectivity index (χ1v) is 6.76. The molecule has 0 saturated carbocycles. The molecule has 2 aromatic carbocycles. The van der Waals surface area contributed by atoms with Gasteiger partial charge >= 0.3 is 0 Å². The second kappa shape index (κ2) is 5.83. The molecule has 2 heteroatoms. The van der Waals surface area contributed by atoms with E-state index in [-0.39, 0.29) is 0 Å². The summed E-state index contributed by atoms with van der Waals surface area (Å²) in [5.74, 6) is 0. The summed E-state index contributed by atoms with van der Waals surface area (Å²) in [6, 6.07) is 12.5. The first-order valence-electron chi connectivity index (χ1n) is 6.76. The van der Waals surface area contributed by atoms with Gasteiger partial charge in [-0.05, 0) is 61.1 Å². The van der Waals surface area contributed by atoms with Crippen molar-refractivity contribution in [3.05, 3.63) is 76.0 Å². The highest BCUT2D eigenvalue weighted by Gasteiger charge is 2.14. The van der Waals surface area contributed by atoms with E-state index >= 15 is 0 Å². The lowest BCUT2D eigenvalue weighted by atomic mass is 9.87. The van der Waals surface area contributed by atoms with Crippen molar-refractivity contribution in [3.8, 4) is 0 Å². The van der Waals surface area contributed by atoms with E-state index in [0.717, 1.165) is 5.57 Å². The second-order valence-corrected chi connectivity index (χ2v) is 5.21. The van der Waals surface area contributed by atoms with E-state index in [2.05, 4.69) is 69.2 Å². The lowest BCUT2D eigenvalue weighted by Crippen LogP contribution is -1.99. The third-order valence-corrected chi connectivity index (χ3v) is 3.69. The molecule has 0 fully saturated rings. The molecule has 1 N–H and O–H groups in total. The Balaban J connectivity index is 2.77. The number of rotatable bonds is 3. The second-order valence-electron chi connectivity index (χ2n) is 5.21. The van der Waals surface area contributed by atoms with Gasteiger partial charge in [-0.3, -0.25) is 0 Å². The topological polar surface area (TPSA) is 36.2 Å². The minimum absolute atomic E-state index is 1.03. The lowest BCUT2D eigenvalue weighted by Gasteiger charge is -2.17. The first kappa shape index (κ1) is 14.2. The number of aryl methyl sites for hydroxylation is 4. The maximum Gasteiger partial charge on any atom is 0.0573 e. The third-order valence-electron chi connectivity index (χ3n) is 3.69. The number of hydrogen-bond donors (Lipinski definition) is 1. The summed E-state index contributed by atoms with van der Waals surface area (Å²) in [6.45, 7) is 8.42. The van der Waals surface area contributed by atoms with E-state index in [1.807, 2.05) is 0 Å². The molecule has 0 aromatic heterocycles. The van der Waals surface area contributed by atoms with Gasteiger partial charge in [0.15, 0.2) is 0 Å². The molecule has 0 aliphatic carbocycles. The van der Waals surface area contributed by atoms with Crippen molar-refractivity contribution in [1.82, 2.24) is 0 Å². The Kier molecular flexibility index (Phi) is 4.14. The van der Waals surface area contributed by atoms with Gasteiger partial charge in [0.1, 0.15) is 0 Å². The van der Waals surface area contributed by atoms with E-state index in [4.69, 9.17) is 5.53 Å². The van der Waals surface area contributed by atoms with Crippen LogP contribution in [0.1, 0.15) is 33.4 Å². The Hall–Kier alpha value is -2.22. The van der Waals surface area contributed by atoms with Crippen LogP contribution in [0.2, 0.25) is 0 Å². The summed E-state index contributed by atoms with van der Waals surface area (Å²) in [6.07, 6.45) is 1.66. The molecule has 2 nitrogen and oxygen atoms in total. The van der Waals surface area contributed by atoms with Crippen LogP contribution < -0.4 is 0 Å². The minimum Gasteiger partial charge on any atom is -0.205 e. The molecule has 0 radical (unpaired) electrons. The molecule has 2 aromatic rings. The number of nitrogens with one attached hydrogen (secondary N) is 1. The molecule has 0 spiro atoms. The Morgan fingerprint density at radius 1 is 0.800 bits per heavy atom. The summed E-state index contributed by atoms with van der Waals surface area (Å²) in [4.78, 5) is 0. The van der Waals surface area contributed by atoms with Gasteiger partial charge in [0.25, 0.3) is 0 Å². The van der Waals surface area contributed by atoms with Crippen molar-refractivity contribution in [2.45, 2.75) is 27.7 Å². The predicted octanol–water partition coefficient (Wildman–Crippen LogP) is 5.34. The van der Waals surface area contributed by atoms with Crippen molar-refractivity contribution in [2.24, 2.45) is 5.11 Å². The molecule has 0 unspecified atom stereocenters. The maximum absolute atomic E-state index is 7.26. The molecule has 20 heavy (non-hydrogen) atoms. The van der Waals surface area contributed by atoms with Crippen LogP contribution in [0, 0.1) is 33.2 Å². The standard InChI is InChI=1S/C18H20N2/c1-12-7-5-8-13(2)17(12)16(11-20-19)18-14(3)9-6-10-15(18)4/h5-11,19H,1-4H3. The van der Waals surface area contributed by atoms with Crippen LogP contribution in [0.25, 0.3) is 5.57 Å². The zero-order chi connectivity index (χ0) is 14.7. The molecule has 102 valence electrons. The average Bonchev–Trinajstić information content (AvgIpc) is 2.38. The first-order chi connectivity index (χ1) is 9.56. The minimum atomic E-state index is 1.03. The van der Waals surface area contributed by atoms with Gasteiger partial charge in [-0.15, -0.1) is 0 Å². The van der Waals surface area contributed by atoms with Crippen molar-refractivity contribution < 1.29 is 0 Å². The van der Waals surface area contributed by atoms with Gasteiger partial charge in [-0.25, -0.2) is 5.53 Å². The molecule has 0 heterocycles. The van der Waals surface area contributed by atoms with Crippen LogP contribution in [0.5, 0.6) is 0 Å². The summed E-state index contributed by atoms with van der Waals surface area (Å²) >= 11 is 0. The van der Waals surface area contributed by atoms with E-state index in [1.165, 1.54) is 33.4 Å². The highest BCUT2D eigenvalue weighted by molar-refractivity contribution is 5.85. The Labute approximate surface area is 120 Å². The van der Waals surface area contributed by atoms with E-state index < -0.39 is 0 Å². The smallest absolute Gasteiger partial charge is 0.0573 e. The Bertz CT molecular complexity index is 588. The van der Waals surface area contributed by atoms with Crippen LogP contribution in [0.15, 0.2) is 47.7 Å². The summed E-state index contributed by atoms with van der Waals surface area (Å²) in [5, 5.41) is 3.54. The van der Waals surface area contributed by atoms with Gasteiger partial charge in [-0.2, -0.15) is 5.11 Å². The molecule has 0 atom stereocenters. The quantitative estimate of drug-likeness (QED) is 0.726. The van der Waals surface area contributed by atoms with Crippen molar-refractivity contribution in [3.63, 3.8) is 0 Å². The largest absolute Gasteiger partial charge is 0.205 e. The summed E-state index contributed by atoms with van der Waals surface area (Å²) in [7, 11) is 0. The van der Waals surface area contributed by atoms with Crippen molar-refractivity contribution in [2.75, 3.05) is 0 Å².